The Hall–Kier alpha value is -3.16. The molecule has 0 bridgehead atoms. The second-order valence-electron chi connectivity index (χ2n) is 9.51. The van der Waals surface area contributed by atoms with Crippen LogP contribution < -0.4 is 10.6 Å². The summed E-state index contributed by atoms with van der Waals surface area (Å²) in [6.45, 7) is 6.41. The number of hydrogen-bond donors (Lipinski definition) is 2. The first-order valence-corrected chi connectivity index (χ1v) is 11.2. The van der Waals surface area contributed by atoms with Gasteiger partial charge in [0.2, 0.25) is 5.91 Å². The summed E-state index contributed by atoms with van der Waals surface area (Å²) >= 11 is 0. The van der Waals surface area contributed by atoms with Crippen molar-refractivity contribution in [2.24, 2.45) is 11.3 Å². The summed E-state index contributed by atoms with van der Waals surface area (Å²) in [4.78, 5) is 43.2. The zero-order valence-electron chi connectivity index (χ0n) is 18.8. The van der Waals surface area contributed by atoms with Crippen molar-refractivity contribution in [3.8, 4) is 11.3 Å². The fourth-order valence-corrected chi connectivity index (χ4v) is 4.76. The van der Waals surface area contributed by atoms with Crippen molar-refractivity contribution in [3.63, 3.8) is 0 Å². The summed E-state index contributed by atoms with van der Waals surface area (Å²) < 4.78 is 5.25. The molecule has 1 aliphatic heterocycles. The normalized spacial score (nSPS) is 23.5. The second kappa shape index (κ2) is 8.41. The van der Waals surface area contributed by atoms with Crippen LogP contribution in [0.1, 0.15) is 52.9 Å². The highest BCUT2D eigenvalue weighted by atomic mass is 16.3. The SMILES string of the molecule is CCC(C)(C)C1CCC2(CC1)NC(=O)N(CC(=O)Nc1ccc(-c3cnco3)cc1)C2=O. The van der Waals surface area contributed by atoms with E-state index in [-0.39, 0.29) is 17.9 Å². The Kier molecular flexibility index (Phi) is 5.79. The van der Waals surface area contributed by atoms with E-state index >= 15 is 0 Å². The predicted molar refractivity (Wildman–Crippen MR) is 120 cm³/mol. The van der Waals surface area contributed by atoms with Crippen LogP contribution in [0.4, 0.5) is 10.5 Å². The van der Waals surface area contributed by atoms with E-state index < -0.39 is 17.5 Å². The van der Waals surface area contributed by atoms with Gasteiger partial charge >= 0.3 is 6.03 Å². The molecular formula is C24H30N4O4. The molecule has 8 nitrogen and oxygen atoms in total. The molecule has 1 spiro atoms. The lowest BCUT2D eigenvalue weighted by Crippen LogP contribution is -2.51. The summed E-state index contributed by atoms with van der Waals surface area (Å²) in [7, 11) is 0. The van der Waals surface area contributed by atoms with Gasteiger partial charge < -0.3 is 15.1 Å². The third kappa shape index (κ3) is 4.13. The maximum Gasteiger partial charge on any atom is 0.325 e. The Morgan fingerprint density at radius 3 is 2.53 bits per heavy atom. The number of urea groups is 1. The van der Waals surface area contributed by atoms with Crippen molar-refractivity contribution in [1.82, 2.24) is 15.2 Å². The third-order valence-corrected chi connectivity index (χ3v) is 7.29. The number of aromatic nitrogens is 1. The number of nitrogens with zero attached hydrogens (tertiary/aromatic N) is 2. The van der Waals surface area contributed by atoms with Gasteiger partial charge in [0.15, 0.2) is 12.2 Å². The zero-order valence-corrected chi connectivity index (χ0v) is 18.8. The Balaban J connectivity index is 1.36. The lowest BCUT2D eigenvalue weighted by atomic mass is 9.65. The highest BCUT2D eigenvalue weighted by Crippen LogP contribution is 2.45. The molecule has 2 fully saturated rings. The first-order chi connectivity index (χ1) is 15.2. The monoisotopic (exact) mass is 438 g/mol. The van der Waals surface area contributed by atoms with Crippen LogP contribution in [0.5, 0.6) is 0 Å². The molecule has 1 saturated heterocycles. The van der Waals surface area contributed by atoms with Crippen LogP contribution >= 0.6 is 0 Å². The second-order valence-corrected chi connectivity index (χ2v) is 9.51. The summed E-state index contributed by atoms with van der Waals surface area (Å²) in [5, 5.41) is 5.64. The number of anilines is 1. The first-order valence-electron chi connectivity index (χ1n) is 11.2. The van der Waals surface area contributed by atoms with E-state index in [0.29, 0.717) is 30.2 Å². The maximum atomic E-state index is 13.1. The minimum absolute atomic E-state index is 0.218. The van der Waals surface area contributed by atoms with Crippen LogP contribution in [-0.4, -0.2) is 39.8 Å². The average Bonchev–Trinajstić information content (AvgIpc) is 3.39. The smallest absolute Gasteiger partial charge is 0.325 e. The van der Waals surface area contributed by atoms with Gasteiger partial charge in [-0.15, -0.1) is 0 Å². The third-order valence-electron chi connectivity index (χ3n) is 7.29. The fraction of sp³-hybridized carbons (Fsp3) is 0.500. The highest BCUT2D eigenvalue weighted by Gasteiger charge is 2.53. The quantitative estimate of drug-likeness (QED) is 0.658. The van der Waals surface area contributed by atoms with E-state index in [1.165, 1.54) is 6.39 Å². The predicted octanol–water partition coefficient (Wildman–Crippen LogP) is 4.20. The van der Waals surface area contributed by atoms with Crippen LogP contribution in [0.15, 0.2) is 41.3 Å². The lowest BCUT2D eigenvalue weighted by molar-refractivity contribution is -0.135. The molecule has 1 aromatic heterocycles. The molecule has 2 N–H and O–H groups in total. The Morgan fingerprint density at radius 1 is 1.25 bits per heavy atom. The molecule has 0 radical (unpaired) electrons. The van der Waals surface area contributed by atoms with Crippen LogP contribution in [0.3, 0.4) is 0 Å². The number of benzene rings is 1. The Labute approximate surface area is 187 Å². The summed E-state index contributed by atoms with van der Waals surface area (Å²) in [5.74, 6) is 0.453. The van der Waals surface area contributed by atoms with Crippen molar-refractivity contribution < 1.29 is 18.8 Å². The number of carbonyl (C=O) groups is 3. The van der Waals surface area contributed by atoms with Gasteiger partial charge in [-0.25, -0.2) is 9.78 Å². The topological polar surface area (TPSA) is 105 Å². The molecular weight excluding hydrogens is 408 g/mol. The van der Waals surface area contributed by atoms with Crippen molar-refractivity contribution >= 4 is 23.5 Å². The average molecular weight is 439 g/mol. The van der Waals surface area contributed by atoms with E-state index in [2.05, 4.69) is 36.4 Å². The van der Waals surface area contributed by atoms with Crippen molar-refractivity contribution in [2.45, 2.75) is 58.4 Å². The zero-order chi connectivity index (χ0) is 22.9. The van der Waals surface area contributed by atoms with Gasteiger partial charge in [-0.1, -0.05) is 27.2 Å². The van der Waals surface area contributed by atoms with Crippen LogP contribution in [-0.2, 0) is 9.59 Å². The molecule has 1 saturated carbocycles. The van der Waals surface area contributed by atoms with Gasteiger partial charge in [0.05, 0.1) is 6.20 Å². The van der Waals surface area contributed by atoms with Crippen LogP contribution in [0.25, 0.3) is 11.3 Å². The van der Waals surface area contributed by atoms with Gasteiger partial charge in [-0.05, 0) is 61.3 Å². The van der Waals surface area contributed by atoms with Crippen LogP contribution in [0.2, 0.25) is 0 Å². The van der Waals surface area contributed by atoms with Crippen molar-refractivity contribution in [2.75, 3.05) is 11.9 Å². The number of nitrogens with one attached hydrogen (secondary N) is 2. The molecule has 2 heterocycles. The molecule has 1 aromatic carbocycles. The van der Waals surface area contributed by atoms with E-state index in [0.717, 1.165) is 29.7 Å². The number of imide groups is 1. The minimum Gasteiger partial charge on any atom is -0.444 e. The summed E-state index contributed by atoms with van der Waals surface area (Å²) in [6, 6.07) is 6.59. The van der Waals surface area contributed by atoms with Crippen LogP contribution in [0, 0.1) is 11.3 Å². The number of amides is 4. The van der Waals surface area contributed by atoms with Gasteiger partial charge in [0.1, 0.15) is 12.1 Å². The number of carbonyl (C=O) groups excluding carboxylic acids is 3. The van der Waals surface area contributed by atoms with E-state index in [4.69, 9.17) is 4.42 Å². The van der Waals surface area contributed by atoms with Crippen molar-refractivity contribution in [3.05, 3.63) is 36.9 Å². The Bertz CT molecular complexity index is 990. The summed E-state index contributed by atoms with van der Waals surface area (Å²) in [6.07, 6.45) is 7.07. The molecule has 2 aliphatic rings. The molecule has 0 unspecified atom stereocenters. The minimum atomic E-state index is -0.865. The first kappa shape index (κ1) is 22.0. The molecule has 2 aromatic rings. The molecule has 8 heteroatoms. The number of oxazole rings is 1. The number of rotatable bonds is 6. The molecule has 4 amide bonds. The van der Waals surface area contributed by atoms with Gasteiger partial charge in [-0.3, -0.25) is 14.5 Å². The van der Waals surface area contributed by atoms with E-state index in [1.54, 1.807) is 30.5 Å². The fourth-order valence-electron chi connectivity index (χ4n) is 4.76. The Morgan fingerprint density at radius 2 is 1.94 bits per heavy atom. The molecule has 32 heavy (non-hydrogen) atoms. The van der Waals surface area contributed by atoms with Gasteiger partial charge in [-0.2, -0.15) is 0 Å². The standard InChI is InChI=1S/C24H30N4O4/c1-4-23(2,3)17-9-11-24(12-10-17)21(30)28(22(31)27-24)14-20(29)26-18-7-5-16(6-8-18)19-13-25-15-32-19/h5-8,13,15,17H,4,9-12,14H2,1-3H3,(H,26,29)(H,27,31). The highest BCUT2D eigenvalue weighted by molar-refractivity contribution is 6.10. The lowest BCUT2D eigenvalue weighted by Gasteiger charge is -2.42. The molecule has 170 valence electrons. The molecule has 1 aliphatic carbocycles. The van der Waals surface area contributed by atoms with E-state index in [1.807, 2.05) is 0 Å². The number of hydrogen-bond acceptors (Lipinski definition) is 5. The van der Waals surface area contributed by atoms with Gasteiger partial charge in [0, 0.05) is 11.3 Å². The van der Waals surface area contributed by atoms with Gasteiger partial charge in [0.25, 0.3) is 5.91 Å². The molecule has 4 rings (SSSR count). The maximum absolute atomic E-state index is 13.1. The molecule has 0 atom stereocenters. The summed E-state index contributed by atoms with van der Waals surface area (Å²) in [5.41, 5.74) is 0.757. The van der Waals surface area contributed by atoms with Crippen molar-refractivity contribution in [1.29, 1.82) is 0 Å². The van der Waals surface area contributed by atoms with E-state index in [9.17, 15) is 14.4 Å². The largest absolute Gasteiger partial charge is 0.444 e.